The van der Waals surface area contributed by atoms with Crippen molar-refractivity contribution in [3.63, 3.8) is 0 Å². The van der Waals surface area contributed by atoms with E-state index in [0.717, 1.165) is 5.69 Å². The van der Waals surface area contributed by atoms with Gasteiger partial charge in [-0.1, -0.05) is 30.4 Å². The third-order valence-electron chi connectivity index (χ3n) is 2.74. The maximum absolute atomic E-state index is 5.77. The monoisotopic (exact) mass is 201 g/mol. The van der Waals surface area contributed by atoms with E-state index in [-0.39, 0.29) is 0 Å². The number of hydrogen-bond acceptors (Lipinski definition) is 2. The van der Waals surface area contributed by atoms with Gasteiger partial charge in [0.2, 0.25) is 0 Å². The summed E-state index contributed by atoms with van der Waals surface area (Å²) < 4.78 is 0. The lowest BCUT2D eigenvalue weighted by Gasteiger charge is -2.14. The fourth-order valence-corrected chi connectivity index (χ4v) is 3.45. The van der Waals surface area contributed by atoms with Crippen LogP contribution in [0.25, 0.3) is 0 Å². The van der Waals surface area contributed by atoms with Crippen LogP contribution in [0.1, 0.15) is 11.5 Å². The van der Waals surface area contributed by atoms with E-state index < -0.39 is 0 Å². The van der Waals surface area contributed by atoms with Crippen LogP contribution in [0.15, 0.2) is 47.4 Å². The third kappa shape index (κ3) is 1.11. The second-order valence-electron chi connectivity index (χ2n) is 3.68. The molecule has 1 aromatic carbocycles. The minimum atomic E-state index is 0.556. The van der Waals surface area contributed by atoms with Crippen LogP contribution in [0.4, 0.5) is 5.69 Å². The third-order valence-corrected chi connectivity index (χ3v) is 4.07. The number of rotatable bonds is 0. The molecule has 0 fully saturated rings. The van der Waals surface area contributed by atoms with Gasteiger partial charge in [0.15, 0.2) is 0 Å². The summed E-state index contributed by atoms with van der Waals surface area (Å²) in [5.41, 5.74) is 8.06. The zero-order valence-electron chi connectivity index (χ0n) is 7.68. The highest BCUT2D eigenvalue weighted by atomic mass is 32.2. The minimum absolute atomic E-state index is 0.556. The number of thioether (sulfide) groups is 1. The van der Waals surface area contributed by atoms with E-state index >= 15 is 0 Å². The van der Waals surface area contributed by atoms with Crippen molar-refractivity contribution in [1.29, 1.82) is 0 Å². The van der Waals surface area contributed by atoms with Crippen molar-refractivity contribution >= 4 is 17.4 Å². The Hall–Kier alpha value is -1.15. The van der Waals surface area contributed by atoms with Gasteiger partial charge in [-0.2, -0.15) is 0 Å². The smallest absolute Gasteiger partial charge is 0.0381 e. The van der Waals surface area contributed by atoms with E-state index in [1.807, 2.05) is 17.8 Å². The fourth-order valence-electron chi connectivity index (χ4n) is 2.05. The van der Waals surface area contributed by atoms with Crippen LogP contribution in [0.5, 0.6) is 0 Å². The predicted octanol–water partition coefficient (Wildman–Crippen LogP) is 2.95. The van der Waals surface area contributed by atoms with Gasteiger partial charge >= 0.3 is 0 Å². The highest BCUT2D eigenvalue weighted by Gasteiger charge is 2.30. The van der Waals surface area contributed by atoms with E-state index in [4.69, 9.17) is 5.73 Å². The molecule has 1 nitrogen and oxygen atoms in total. The number of fused-ring (bicyclic) bond motifs is 3. The molecule has 3 rings (SSSR count). The van der Waals surface area contributed by atoms with Crippen LogP contribution in [-0.4, -0.2) is 5.25 Å². The summed E-state index contributed by atoms with van der Waals surface area (Å²) in [7, 11) is 0. The van der Waals surface area contributed by atoms with Gasteiger partial charge in [-0.15, -0.1) is 11.8 Å². The molecule has 2 heteroatoms. The van der Waals surface area contributed by atoms with Crippen molar-refractivity contribution in [3.8, 4) is 0 Å². The molecule has 0 saturated carbocycles. The van der Waals surface area contributed by atoms with Crippen LogP contribution in [0.3, 0.4) is 0 Å². The Labute approximate surface area is 87.7 Å². The SMILES string of the molecule is Nc1ccc2c(c1)SC1C=CC=CC21. The van der Waals surface area contributed by atoms with Gasteiger partial charge in [0.25, 0.3) is 0 Å². The maximum Gasteiger partial charge on any atom is 0.0381 e. The highest BCUT2D eigenvalue weighted by Crippen LogP contribution is 2.48. The van der Waals surface area contributed by atoms with Crippen molar-refractivity contribution in [2.45, 2.75) is 16.1 Å². The van der Waals surface area contributed by atoms with Crippen molar-refractivity contribution in [2.75, 3.05) is 5.73 Å². The molecule has 0 bridgehead atoms. The first-order chi connectivity index (χ1) is 6.84. The molecule has 1 aromatic rings. The van der Waals surface area contributed by atoms with Gasteiger partial charge in [-0.05, 0) is 17.7 Å². The Kier molecular flexibility index (Phi) is 1.71. The molecule has 70 valence electrons. The van der Waals surface area contributed by atoms with E-state index in [1.165, 1.54) is 10.5 Å². The molecule has 0 amide bonds. The molecular weight excluding hydrogens is 190 g/mol. The lowest BCUT2D eigenvalue weighted by molar-refractivity contribution is 0.881. The Morgan fingerprint density at radius 1 is 1.14 bits per heavy atom. The van der Waals surface area contributed by atoms with E-state index in [9.17, 15) is 0 Å². The van der Waals surface area contributed by atoms with Crippen molar-refractivity contribution in [3.05, 3.63) is 48.1 Å². The number of anilines is 1. The topological polar surface area (TPSA) is 26.0 Å². The molecule has 14 heavy (non-hydrogen) atoms. The zero-order valence-corrected chi connectivity index (χ0v) is 8.50. The maximum atomic E-state index is 5.77. The first-order valence-electron chi connectivity index (χ1n) is 4.76. The van der Waals surface area contributed by atoms with Gasteiger partial charge < -0.3 is 5.73 Å². The first kappa shape index (κ1) is 8.18. The molecule has 0 saturated heterocycles. The largest absolute Gasteiger partial charge is 0.399 e. The Morgan fingerprint density at radius 3 is 2.93 bits per heavy atom. The molecule has 2 aliphatic rings. The average Bonchev–Trinajstić information content (AvgIpc) is 2.54. The van der Waals surface area contributed by atoms with Gasteiger partial charge in [0.1, 0.15) is 0 Å². The summed E-state index contributed by atoms with van der Waals surface area (Å²) in [4.78, 5) is 1.34. The molecule has 1 aliphatic carbocycles. The molecule has 2 N–H and O–H groups in total. The lowest BCUT2D eigenvalue weighted by atomic mass is 9.92. The summed E-state index contributed by atoms with van der Waals surface area (Å²) in [6, 6.07) is 6.24. The Morgan fingerprint density at radius 2 is 2.00 bits per heavy atom. The molecule has 0 spiro atoms. The highest BCUT2D eigenvalue weighted by molar-refractivity contribution is 8.00. The molecule has 2 atom stereocenters. The number of allylic oxidation sites excluding steroid dienone is 3. The van der Waals surface area contributed by atoms with Crippen molar-refractivity contribution < 1.29 is 0 Å². The molecule has 0 radical (unpaired) electrons. The summed E-state index contributed by atoms with van der Waals surface area (Å²) in [5, 5.41) is 0.580. The van der Waals surface area contributed by atoms with Crippen LogP contribution < -0.4 is 5.73 Å². The van der Waals surface area contributed by atoms with Gasteiger partial charge in [-0.25, -0.2) is 0 Å². The van der Waals surface area contributed by atoms with Gasteiger partial charge in [0, 0.05) is 21.8 Å². The van der Waals surface area contributed by atoms with Gasteiger partial charge in [-0.3, -0.25) is 0 Å². The quantitative estimate of drug-likeness (QED) is 0.653. The summed E-state index contributed by atoms with van der Waals surface area (Å²) in [6.07, 6.45) is 8.81. The zero-order chi connectivity index (χ0) is 9.54. The van der Waals surface area contributed by atoms with E-state index in [2.05, 4.69) is 36.4 Å². The molecule has 0 aromatic heterocycles. The van der Waals surface area contributed by atoms with Crippen LogP contribution in [-0.2, 0) is 0 Å². The number of nitrogens with two attached hydrogens (primary N) is 1. The minimum Gasteiger partial charge on any atom is -0.399 e. The summed E-state index contributed by atoms with van der Waals surface area (Å²) in [5.74, 6) is 0.556. The summed E-state index contributed by atoms with van der Waals surface area (Å²) >= 11 is 1.92. The van der Waals surface area contributed by atoms with Crippen molar-refractivity contribution in [2.24, 2.45) is 0 Å². The van der Waals surface area contributed by atoms with Gasteiger partial charge in [0.05, 0.1) is 0 Å². The Bertz CT molecular complexity index is 434. The number of hydrogen-bond donors (Lipinski definition) is 1. The lowest BCUT2D eigenvalue weighted by Crippen LogP contribution is -2.06. The second-order valence-corrected chi connectivity index (χ2v) is 4.90. The molecule has 2 unspecified atom stereocenters. The van der Waals surface area contributed by atoms with Crippen LogP contribution >= 0.6 is 11.8 Å². The van der Waals surface area contributed by atoms with Crippen LogP contribution in [0.2, 0.25) is 0 Å². The number of benzene rings is 1. The van der Waals surface area contributed by atoms with Crippen LogP contribution in [0, 0.1) is 0 Å². The van der Waals surface area contributed by atoms with Crippen molar-refractivity contribution in [1.82, 2.24) is 0 Å². The Balaban J connectivity index is 2.11. The molecule has 1 heterocycles. The molecule has 1 aliphatic heterocycles. The normalized spacial score (nSPS) is 27.4. The second kappa shape index (κ2) is 2.92. The fraction of sp³-hybridized carbons (Fsp3) is 0.167. The molecular formula is C12H11NS. The number of nitrogen functional groups attached to an aromatic ring is 1. The summed E-state index contributed by atoms with van der Waals surface area (Å²) in [6.45, 7) is 0. The predicted molar refractivity (Wildman–Crippen MR) is 61.5 cm³/mol. The van der Waals surface area contributed by atoms with E-state index in [0.29, 0.717) is 11.2 Å². The average molecular weight is 201 g/mol. The van der Waals surface area contributed by atoms with E-state index in [1.54, 1.807) is 0 Å². The standard InChI is InChI=1S/C12H11NS/c13-8-5-6-10-9-3-1-2-4-11(9)14-12(10)7-8/h1-7,9,11H,13H2. The first-order valence-corrected chi connectivity index (χ1v) is 5.63.